The van der Waals surface area contributed by atoms with Crippen LogP contribution in [0.4, 0.5) is 10.5 Å². The van der Waals surface area contributed by atoms with Crippen LogP contribution in [-0.2, 0) is 14.3 Å². The molecular formula is C17H24N2O5. The first-order valence-electron chi connectivity index (χ1n) is 8.10. The number of benzene rings is 1. The van der Waals surface area contributed by atoms with Crippen molar-refractivity contribution in [3.05, 3.63) is 30.3 Å². The molecule has 0 spiro atoms. The van der Waals surface area contributed by atoms with Crippen molar-refractivity contribution in [1.82, 2.24) is 5.32 Å². The zero-order chi connectivity index (χ0) is 17.6. The van der Waals surface area contributed by atoms with Gasteiger partial charge in [0, 0.05) is 31.8 Å². The molecule has 132 valence electrons. The second-order valence-corrected chi connectivity index (χ2v) is 5.92. The van der Waals surface area contributed by atoms with Crippen molar-refractivity contribution in [3.8, 4) is 0 Å². The minimum Gasteiger partial charge on any atom is -0.407 e. The van der Waals surface area contributed by atoms with E-state index in [0.717, 1.165) is 0 Å². The SMILES string of the molecule is CC(C)OCCCNC(=O)O[C@@]1(O)CCN(c2ccccc2)C1=O. The average Bonchev–Trinajstić information content (AvgIpc) is 2.83. The average molecular weight is 336 g/mol. The summed E-state index contributed by atoms with van der Waals surface area (Å²) in [5.41, 5.74) is 0.660. The molecule has 7 nitrogen and oxygen atoms in total. The summed E-state index contributed by atoms with van der Waals surface area (Å²) in [5, 5.41) is 12.9. The second kappa shape index (κ2) is 8.12. The number of amides is 2. The molecular weight excluding hydrogens is 312 g/mol. The number of nitrogens with zero attached hydrogens (tertiary/aromatic N) is 1. The zero-order valence-electron chi connectivity index (χ0n) is 14.0. The number of hydrogen-bond donors (Lipinski definition) is 2. The van der Waals surface area contributed by atoms with E-state index in [1.807, 2.05) is 19.9 Å². The highest BCUT2D eigenvalue weighted by atomic mass is 16.7. The number of carbonyl (C=O) groups excluding carboxylic acids is 2. The lowest BCUT2D eigenvalue weighted by Crippen LogP contribution is -2.46. The van der Waals surface area contributed by atoms with Gasteiger partial charge in [-0.1, -0.05) is 18.2 Å². The quantitative estimate of drug-likeness (QED) is 0.584. The number of alkyl carbamates (subject to hydrolysis) is 1. The molecule has 1 atom stereocenters. The predicted molar refractivity (Wildman–Crippen MR) is 88.6 cm³/mol. The van der Waals surface area contributed by atoms with Crippen LogP contribution < -0.4 is 10.2 Å². The predicted octanol–water partition coefficient (Wildman–Crippen LogP) is 1.65. The van der Waals surface area contributed by atoms with Crippen molar-refractivity contribution < 1.29 is 24.2 Å². The van der Waals surface area contributed by atoms with Crippen LogP contribution in [0.15, 0.2) is 30.3 Å². The molecule has 1 fully saturated rings. The van der Waals surface area contributed by atoms with E-state index in [9.17, 15) is 14.7 Å². The Balaban J connectivity index is 1.81. The van der Waals surface area contributed by atoms with Gasteiger partial charge in [-0.05, 0) is 32.4 Å². The summed E-state index contributed by atoms with van der Waals surface area (Å²) in [6, 6.07) is 8.96. The summed E-state index contributed by atoms with van der Waals surface area (Å²) in [6.45, 7) is 5.01. The van der Waals surface area contributed by atoms with E-state index in [-0.39, 0.29) is 19.1 Å². The summed E-state index contributed by atoms with van der Waals surface area (Å²) in [4.78, 5) is 25.6. The molecule has 0 bridgehead atoms. The number of ether oxygens (including phenoxy) is 2. The molecule has 0 saturated carbocycles. The van der Waals surface area contributed by atoms with Crippen LogP contribution in [-0.4, -0.2) is 48.7 Å². The van der Waals surface area contributed by atoms with Gasteiger partial charge in [-0.25, -0.2) is 4.79 Å². The fraction of sp³-hybridized carbons (Fsp3) is 0.529. The highest BCUT2D eigenvalue weighted by Gasteiger charge is 2.49. The molecule has 2 rings (SSSR count). The lowest BCUT2D eigenvalue weighted by Gasteiger charge is -2.22. The van der Waals surface area contributed by atoms with Crippen LogP contribution in [0.2, 0.25) is 0 Å². The van der Waals surface area contributed by atoms with E-state index < -0.39 is 17.8 Å². The van der Waals surface area contributed by atoms with Gasteiger partial charge in [0.1, 0.15) is 0 Å². The van der Waals surface area contributed by atoms with Crippen LogP contribution in [0.25, 0.3) is 0 Å². The largest absolute Gasteiger partial charge is 0.410 e. The highest BCUT2D eigenvalue weighted by molar-refractivity contribution is 6.01. The maximum absolute atomic E-state index is 12.4. The smallest absolute Gasteiger partial charge is 0.407 e. The van der Waals surface area contributed by atoms with Gasteiger partial charge in [-0.3, -0.25) is 4.79 Å². The van der Waals surface area contributed by atoms with Crippen LogP contribution in [0.1, 0.15) is 26.7 Å². The minimum absolute atomic E-state index is 0.0323. The zero-order valence-corrected chi connectivity index (χ0v) is 14.0. The minimum atomic E-state index is -2.12. The highest BCUT2D eigenvalue weighted by Crippen LogP contribution is 2.29. The fourth-order valence-corrected chi connectivity index (χ4v) is 2.40. The molecule has 0 radical (unpaired) electrons. The lowest BCUT2D eigenvalue weighted by atomic mass is 10.2. The molecule has 1 aliphatic rings. The van der Waals surface area contributed by atoms with E-state index in [1.165, 1.54) is 4.90 Å². The standard InChI is InChI=1S/C17H24N2O5/c1-13(2)23-12-6-10-18-16(21)24-17(22)9-11-19(15(17)20)14-7-4-3-5-8-14/h3-5,7-8,13,22H,6,9-12H2,1-2H3,(H,18,21)/t17-/m0/s1. The Hall–Kier alpha value is -2.12. The first-order chi connectivity index (χ1) is 11.4. The molecule has 1 aromatic carbocycles. The van der Waals surface area contributed by atoms with Gasteiger partial charge in [0.15, 0.2) is 0 Å². The van der Waals surface area contributed by atoms with E-state index in [0.29, 0.717) is 25.3 Å². The van der Waals surface area contributed by atoms with Gasteiger partial charge in [0.05, 0.1) is 6.10 Å². The van der Waals surface area contributed by atoms with Gasteiger partial charge < -0.3 is 24.8 Å². The molecule has 7 heteroatoms. The van der Waals surface area contributed by atoms with Crippen molar-refractivity contribution in [2.45, 2.75) is 38.6 Å². The molecule has 2 N–H and O–H groups in total. The van der Waals surface area contributed by atoms with E-state index >= 15 is 0 Å². The topological polar surface area (TPSA) is 88.1 Å². The van der Waals surface area contributed by atoms with Gasteiger partial charge in [0.2, 0.25) is 0 Å². The Morgan fingerprint density at radius 3 is 2.75 bits per heavy atom. The molecule has 1 aliphatic heterocycles. The summed E-state index contributed by atoms with van der Waals surface area (Å²) in [5.74, 6) is -2.75. The third-order valence-corrected chi connectivity index (χ3v) is 3.62. The van der Waals surface area contributed by atoms with Crippen LogP contribution in [0, 0.1) is 0 Å². The third kappa shape index (κ3) is 4.69. The van der Waals surface area contributed by atoms with Crippen molar-refractivity contribution in [2.75, 3.05) is 24.6 Å². The number of aliphatic hydroxyl groups is 1. The number of hydrogen-bond acceptors (Lipinski definition) is 5. The Labute approximate surface area is 141 Å². The summed E-state index contributed by atoms with van der Waals surface area (Å²) >= 11 is 0. The molecule has 2 amide bonds. The Morgan fingerprint density at radius 1 is 1.38 bits per heavy atom. The number of para-hydroxylation sites is 1. The van der Waals surface area contributed by atoms with Gasteiger partial charge >= 0.3 is 6.09 Å². The lowest BCUT2D eigenvalue weighted by molar-refractivity contribution is -0.175. The molecule has 1 saturated heterocycles. The van der Waals surface area contributed by atoms with Crippen LogP contribution in [0.3, 0.4) is 0 Å². The van der Waals surface area contributed by atoms with Crippen LogP contribution in [0.5, 0.6) is 0 Å². The molecule has 0 aromatic heterocycles. The van der Waals surface area contributed by atoms with Gasteiger partial charge in [0.25, 0.3) is 11.7 Å². The monoisotopic (exact) mass is 336 g/mol. The summed E-state index contributed by atoms with van der Waals surface area (Å²) in [7, 11) is 0. The van der Waals surface area contributed by atoms with E-state index in [1.54, 1.807) is 24.3 Å². The maximum Gasteiger partial charge on any atom is 0.410 e. The van der Waals surface area contributed by atoms with Crippen molar-refractivity contribution in [2.24, 2.45) is 0 Å². The van der Waals surface area contributed by atoms with Crippen molar-refractivity contribution in [1.29, 1.82) is 0 Å². The number of carbonyl (C=O) groups is 2. The second-order valence-electron chi connectivity index (χ2n) is 5.92. The number of rotatable bonds is 7. The van der Waals surface area contributed by atoms with Crippen molar-refractivity contribution in [3.63, 3.8) is 0 Å². The Morgan fingerprint density at radius 2 is 2.08 bits per heavy atom. The summed E-state index contributed by atoms with van der Waals surface area (Å²) in [6.07, 6.45) is -0.0246. The van der Waals surface area contributed by atoms with Gasteiger partial charge in [-0.2, -0.15) is 0 Å². The number of anilines is 1. The number of nitrogens with one attached hydrogen (secondary N) is 1. The van der Waals surface area contributed by atoms with Crippen molar-refractivity contribution >= 4 is 17.7 Å². The first kappa shape index (κ1) is 18.2. The third-order valence-electron chi connectivity index (χ3n) is 3.62. The normalized spacial score (nSPS) is 20.5. The Bertz CT molecular complexity index is 563. The summed E-state index contributed by atoms with van der Waals surface area (Å²) < 4.78 is 10.3. The van der Waals surface area contributed by atoms with Gasteiger partial charge in [-0.15, -0.1) is 0 Å². The molecule has 24 heavy (non-hydrogen) atoms. The van der Waals surface area contributed by atoms with E-state index in [2.05, 4.69) is 5.32 Å². The first-order valence-corrected chi connectivity index (χ1v) is 8.10. The molecule has 1 aromatic rings. The van der Waals surface area contributed by atoms with Crippen LogP contribution >= 0.6 is 0 Å². The molecule has 1 heterocycles. The fourth-order valence-electron chi connectivity index (χ4n) is 2.40. The Kier molecular flexibility index (Phi) is 6.16. The van der Waals surface area contributed by atoms with E-state index in [4.69, 9.17) is 9.47 Å². The molecule has 0 aliphatic carbocycles. The maximum atomic E-state index is 12.4. The molecule has 0 unspecified atom stereocenters.